The predicted molar refractivity (Wildman–Crippen MR) is 112 cm³/mol. The van der Waals surface area contributed by atoms with Crippen molar-refractivity contribution in [1.29, 1.82) is 0 Å². The summed E-state index contributed by atoms with van der Waals surface area (Å²) in [5.41, 5.74) is 0.982. The van der Waals surface area contributed by atoms with Gasteiger partial charge < -0.3 is 4.74 Å². The fourth-order valence-electron chi connectivity index (χ4n) is 2.40. The van der Waals surface area contributed by atoms with E-state index in [1.165, 1.54) is 63.1 Å². The largest absolute Gasteiger partial charge is 0.465 e. The van der Waals surface area contributed by atoms with Crippen molar-refractivity contribution in [3.8, 4) is 0 Å². The molecule has 0 saturated heterocycles. The van der Waals surface area contributed by atoms with E-state index in [0.717, 1.165) is 22.6 Å². The van der Waals surface area contributed by atoms with E-state index in [1.807, 2.05) is 20.8 Å². The lowest BCUT2D eigenvalue weighted by Crippen LogP contribution is -2.31. The Bertz CT molecular complexity index is 389. The van der Waals surface area contributed by atoms with Gasteiger partial charge in [-0.25, -0.2) is 0 Å². The van der Waals surface area contributed by atoms with Crippen LogP contribution in [-0.2, 0) is 9.53 Å². The van der Waals surface area contributed by atoms with Crippen LogP contribution in [0.3, 0.4) is 0 Å². The molecule has 0 rings (SSSR count). The van der Waals surface area contributed by atoms with Crippen LogP contribution in [0.4, 0.5) is 0 Å². The highest BCUT2D eigenvalue weighted by molar-refractivity contribution is 8.25. The van der Waals surface area contributed by atoms with Gasteiger partial charge in [0, 0.05) is 0 Å². The number of rotatable bonds is 14. The van der Waals surface area contributed by atoms with E-state index in [-0.39, 0.29) is 5.97 Å². The molecule has 0 spiro atoms. The van der Waals surface area contributed by atoms with E-state index in [4.69, 9.17) is 17.0 Å². The van der Waals surface area contributed by atoms with Crippen LogP contribution < -0.4 is 0 Å². The van der Waals surface area contributed by atoms with Crippen molar-refractivity contribution in [3.05, 3.63) is 12.2 Å². The second kappa shape index (κ2) is 13.9. The first-order chi connectivity index (χ1) is 11.3. The van der Waals surface area contributed by atoms with E-state index in [1.54, 1.807) is 0 Å². The Morgan fingerprint density at radius 2 is 1.50 bits per heavy atom. The minimum absolute atomic E-state index is 0.215. The highest BCUT2D eigenvalue weighted by Gasteiger charge is 2.31. The molecule has 0 aromatic rings. The molecule has 0 radical (unpaired) electrons. The molecule has 0 heterocycles. The smallest absolute Gasteiger partial charge is 0.322 e. The summed E-state index contributed by atoms with van der Waals surface area (Å²) >= 11 is 6.84. The van der Waals surface area contributed by atoms with Crippen LogP contribution in [-0.4, -0.2) is 21.5 Å². The first-order valence-electron chi connectivity index (χ1n) is 9.43. The molecule has 4 heteroatoms. The third-order valence-corrected chi connectivity index (χ3v) is 5.68. The van der Waals surface area contributed by atoms with Gasteiger partial charge in [0.25, 0.3) is 0 Å². The van der Waals surface area contributed by atoms with Crippen molar-refractivity contribution >= 4 is 34.1 Å². The second-order valence-electron chi connectivity index (χ2n) is 6.80. The number of hydrogen-bond acceptors (Lipinski definition) is 4. The molecule has 0 aromatic carbocycles. The lowest BCUT2D eigenvalue weighted by atomic mass is 10.1. The summed E-state index contributed by atoms with van der Waals surface area (Å²) in [6.07, 6.45) is 12.8. The lowest BCUT2D eigenvalue weighted by Gasteiger charge is -2.22. The van der Waals surface area contributed by atoms with E-state index in [0.29, 0.717) is 6.61 Å². The Hall–Kier alpha value is -0.350. The average Bonchev–Trinajstić information content (AvgIpc) is 2.52. The highest BCUT2D eigenvalue weighted by Crippen LogP contribution is 2.31. The summed E-state index contributed by atoms with van der Waals surface area (Å²) in [5, 5.41) is 0. The molecule has 0 bridgehead atoms. The van der Waals surface area contributed by atoms with Gasteiger partial charge in [0.2, 0.25) is 0 Å². The summed E-state index contributed by atoms with van der Waals surface area (Å²) < 4.78 is 5.20. The summed E-state index contributed by atoms with van der Waals surface area (Å²) in [6, 6.07) is 0. The standard InChI is InChI=1S/C20H36O2S2/c1-6-8-9-10-11-12-13-14-15-16-17(3)18(23)24-20(4,5)19(21)22-7-2/h3,6-16H2,1-2,4-5H3. The van der Waals surface area contributed by atoms with Crippen molar-refractivity contribution in [2.45, 2.75) is 96.7 Å². The predicted octanol–water partition coefficient (Wildman–Crippen LogP) is 6.87. The van der Waals surface area contributed by atoms with Crippen molar-refractivity contribution < 1.29 is 9.53 Å². The van der Waals surface area contributed by atoms with Gasteiger partial charge in [-0.15, -0.1) is 0 Å². The number of carbonyl (C=O) groups excluding carboxylic acids is 1. The maximum absolute atomic E-state index is 11.9. The number of unbranched alkanes of at least 4 members (excludes halogenated alkanes) is 8. The zero-order chi connectivity index (χ0) is 18.4. The fraction of sp³-hybridized carbons (Fsp3) is 0.800. The van der Waals surface area contributed by atoms with Crippen LogP contribution in [0.15, 0.2) is 12.2 Å². The minimum atomic E-state index is -0.644. The van der Waals surface area contributed by atoms with Gasteiger partial charge in [0.15, 0.2) is 0 Å². The van der Waals surface area contributed by atoms with Crippen molar-refractivity contribution in [2.24, 2.45) is 0 Å². The van der Waals surface area contributed by atoms with Gasteiger partial charge >= 0.3 is 5.97 Å². The number of thiocarbonyl (C=S) groups is 1. The van der Waals surface area contributed by atoms with Crippen molar-refractivity contribution in [2.75, 3.05) is 6.61 Å². The van der Waals surface area contributed by atoms with Crippen LogP contribution in [0, 0.1) is 0 Å². The third kappa shape index (κ3) is 11.2. The molecule has 140 valence electrons. The molecule has 0 aliphatic rings. The van der Waals surface area contributed by atoms with Gasteiger partial charge in [-0.05, 0) is 39.2 Å². The summed E-state index contributed by atoms with van der Waals surface area (Å²) in [6.45, 7) is 12.3. The molecule has 0 amide bonds. The lowest BCUT2D eigenvalue weighted by molar-refractivity contribution is -0.145. The number of ether oxygens (including phenoxy) is 1. The molecule has 0 aliphatic heterocycles. The van der Waals surface area contributed by atoms with Gasteiger partial charge in [0.05, 0.1) is 10.8 Å². The quantitative estimate of drug-likeness (QED) is 0.144. The summed E-state index contributed by atoms with van der Waals surface area (Å²) in [4.78, 5) is 11.9. The van der Waals surface area contributed by atoms with E-state index in [9.17, 15) is 4.79 Å². The Kier molecular flexibility index (Phi) is 13.7. The molecule has 0 unspecified atom stereocenters. The van der Waals surface area contributed by atoms with Gasteiger partial charge in [-0.3, -0.25) is 4.79 Å². The number of hydrogen-bond donors (Lipinski definition) is 0. The van der Waals surface area contributed by atoms with Gasteiger partial charge in [0.1, 0.15) is 4.75 Å². The topological polar surface area (TPSA) is 26.3 Å². The fourth-order valence-corrected chi connectivity index (χ4v) is 3.98. The van der Waals surface area contributed by atoms with Crippen LogP contribution in [0.1, 0.15) is 91.9 Å². The van der Waals surface area contributed by atoms with Gasteiger partial charge in [-0.1, -0.05) is 88.8 Å². The molecule has 0 atom stereocenters. The third-order valence-electron chi connectivity index (χ3n) is 3.99. The van der Waals surface area contributed by atoms with E-state index >= 15 is 0 Å². The minimum Gasteiger partial charge on any atom is -0.465 e. The van der Waals surface area contributed by atoms with Crippen LogP contribution in [0.2, 0.25) is 0 Å². The molecule has 0 aromatic heterocycles. The molecule has 2 nitrogen and oxygen atoms in total. The van der Waals surface area contributed by atoms with Crippen molar-refractivity contribution in [1.82, 2.24) is 0 Å². The summed E-state index contributed by atoms with van der Waals surface area (Å²) in [7, 11) is 0. The van der Waals surface area contributed by atoms with Gasteiger partial charge in [-0.2, -0.15) is 0 Å². The molecule has 0 saturated carbocycles. The summed E-state index contributed by atoms with van der Waals surface area (Å²) in [5.74, 6) is -0.215. The molecule has 0 fully saturated rings. The van der Waals surface area contributed by atoms with Crippen molar-refractivity contribution in [3.63, 3.8) is 0 Å². The van der Waals surface area contributed by atoms with Crippen LogP contribution in [0.25, 0.3) is 0 Å². The monoisotopic (exact) mass is 372 g/mol. The molecule has 0 N–H and O–H groups in total. The normalized spacial score (nSPS) is 11.3. The second-order valence-corrected chi connectivity index (χ2v) is 9.10. The maximum atomic E-state index is 11.9. The molecular formula is C20H36O2S2. The molecule has 24 heavy (non-hydrogen) atoms. The van der Waals surface area contributed by atoms with E-state index in [2.05, 4.69) is 13.5 Å². The Morgan fingerprint density at radius 3 is 2.00 bits per heavy atom. The Morgan fingerprint density at radius 1 is 1.00 bits per heavy atom. The molecule has 0 aliphatic carbocycles. The number of carbonyl (C=O) groups is 1. The molecular weight excluding hydrogens is 336 g/mol. The zero-order valence-electron chi connectivity index (χ0n) is 16.1. The number of thioether (sulfide) groups is 1. The first kappa shape index (κ1) is 23.6. The average molecular weight is 373 g/mol. The number of esters is 1. The Labute approximate surface area is 159 Å². The van der Waals surface area contributed by atoms with Crippen LogP contribution >= 0.6 is 24.0 Å². The Balaban J connectivity index is 3.84. The SMILES string of the molecule is C=C(CCCCCCCCCCC)C(=S)SC(C)(C)C(=O)OCC. The zero-order valence-corrected chi connectivity index (χ0v) is 17.8. The highest BCUT2D eigenvalue weighted by atomic mass is 32.2. The van der Waals surface area contributed by atoms with E-state index < -0.39 is 4.75 Å². The maximum Gasteiger partial charge on any atom is 0.322 e. The van der Waals surface area contributed by atoms with Crippen LogP contribution in [0.5, 0.6) is 0 Å². The first-order valence-corrected chi connectivity index (χ1v) is 10.7.